The van der Waals surface area contributed by atoms with Crippen molar-refractivity contribution in [1.29, 1.82) is 0 Å². The Morgan fingerprint density at radius 3 is 2.45 bits per heavy atom. The fourth-order valence-electron chi connectivity index (χ4n) is 7.61. The van der Waals surface area contributed by atoms with Crippen LogP contribution in [-0.2, 0) is 0 Å². The molecule has 1 aliphatic carbocycles. The van der Waals surface area contributed by atoms with Crippen LogP contribution in [0.25, 0.3) is 11.0 Å². The SMILES string of the molecule is CC1CC2CN(c3nc4ccccc4n3C3CCN(C4(C)CCCCCCC4)CC3)CC2N1. The number of anilines is 1. The summed E-state index contributed by atoms with van der Waals surface area (Å²) in [5.41, 5.74) is 2.92. The fourth-order valence-corrected chi connectivity index (χ4v) is 7.61. The first kappa shape index (κ1) is 21.9. The number of likely N-dealkylation sites (tertiary alicyclic amines) is 1. The predicted molar refractivity (Wildman–Crippen MR) is 137 cm³/mol. The third-order valence-corrected chi connectivity index (χ3v) is 9.48. The van der Waals surface area contributed by atoms with Gasteiger partial charge in [-0.05, 0) is 64.0 Å². The molecule has 2 aromatic rings. The lowest BCUT2D eigenvalue weighted by atomic mass is 9.82. The average Bonchev–Trinajstić information content (AvgIpc) is 3.47. The second kappa shape index (κ2) is 8.88. The quantitative estimate of drug-likeness (QED) is 0.684. The number of nitrogens with one attached hydrogen (secondary N) is 1. The largest absolute Gasteiger partial charge is 0.340 e. The van der Waals surface area contributed by atoms with Crippen molar-refractivity contribution in [2.75, 3.05) is 31.1 Å². The molecule has 3 unspecified atom stereocenters. The molecule has 3 aliphatic heterocycles. The number of nitrogens with zero attached hydrogens (tertiary/aromatic N) is 4. The van der Waals surface area contributed by atoms with E-state index in [2.05, 4.69) is 57.8 Å². The Balaban J connectivity index is 1.23. The second-order valence-electron chi connectivity index (χ2n) is 11.8. The molecule has 6 rings (SSSR count). The lowest BCUT2D eigenvalue weighted by Crippen LogP contribution is -2.50. The van der Waals surface area contributed by atoms with Gasteiger partial charge < -0.3 is 14.8 Å². The van der Waals surface area contributed by atoms with E-state index < -0.39 is 0 Å². The number of fused-ring (bicyclic) bond motifs is 2. The number of benzene rings is 1. The van der Waals surface area contributed by atoms with Gasteiger partial charge >= 0.3 is 0 Å². The normalized spacial score (nSPS) is 31.6. The van der Waals surface area contributed by atoms with E-state index in [-0.39, 0.29) is 0 Å². The Labute approximate surface area is 199 Å². The highest BCUT2D eigenvalue weighted by atomic mass is 15.4. The van der Waals surface area contributed by atoms with Gasteiger partial charge in [0.05, 0.1) is 11.0 Å². The predicted octanol–water partition coefficient (Wildman–Crippen LogP) is 5.36. The summed E-state index contributed by atoms with van der Waals surface area (Å²) >= 11 is 0. The summed E-state index contributed by atoms with van der Waals surface area (Å²) in [5, 5.41) is 3.82. The van der Waals surface area contributed by atoms with E-state index in [9.17, 15) is 0 Å². The molecular weight excluding hydrogens is 406 g/mol. The second-order valence-corrected chi connectivity index (χ2v) is 11.8. The van der Waals surface area contributed by atoms with Crippen molar-refractivity contribution in [3.8, 4) is 0 Å². The van der Waals surface area contributed by atoms with Gasteiger partial charge in [0.15, 0.2) is 0 Å². The van der Waals surface area contributed by atoms with Crippen LogP contribution in [0.5, 0.6) is 0 Å². The molecule has 3 atom stereocenters. The van der Waals surface area contributed by atoms with Gasteiger partial charge in [0.1, 0.15) is 0 Å². The molecule has 5 heteroatoms. The number of imidazole rings is 1. The summed E-state index contributed by atoms with van der Waals surface area (Å²) in [6.45, 7) is 9.63. The molecule has 5 nitrogen and oxygen atoms in total. The Kier molecular flexibility index (Phi) is 5.90. The van der Waals surface area contributed by atoms with Crippen molar-refractivity contribution in [1.82, 2.24) is 19.8 Å². The van der Waals surface area contributed by atoms with Crippen LogP contribution in [-0.4, -0.2) is 58.3 Å². The molecule has 0 amide bonds. The summed E-state index contributed by atoms with van der Waals surface area (Å²) < 4.78 is 2.64. The molecule has 1 aromatic heterocycles. The smallest absolute Gasteiger partial charge is 0.206 e. The van der Waals surface area contributed by atoms with Crippen molar-refractivity contribution in [2.45, 2.75) is 102 Å². The molecule has 0 spiro atoms. The molecule has 4 aliphatic rings. The first-order valence-electron chi connectivity index (χ1n) is 13.8. The minimum Gasteiger partial charge on any atom is -0.340 e. The minimum absolute atomic E-state index is 0.417. The highest BCUT2D eigenvalue weighted by Gasteiger charge is 2.41. The van der Waals surface area contributed by atoms with Crippen LogP contribution >= 0.6 is 0 Å². The van der Waals surface area contributed by atoms with E-state index in [0.717, 1.165) is 19.0 Å². The Morgan fingerprint density at radius 2 is 1.70 bits per heavy atom. The molecule has 0 bridgehead atoms. The zero-order valence-corrected chi connectivity index (χ0v) is 20.8. The Hall–Kier alpha value is -1.59. The van der Waals surface area contributed by atoms with Gasteiger partial charge in [-0.2, -0.15) is 0 Å². The fraction of sp³-hybridized carbons (Fsp3) is 0.750. The molecule has 4 fully saturated rings. The summed E-state index contributed by atoms with van der Waals surface area (Å²) in [5.74, 6) is 2.00. The van der Waals surface area contributed by atoms with E-state index >= 15 is 0 Å². The van der Waals surface area contributed by atoms with Gasteiger partial charge in [-0.1, -0.05) is 44.2 Å². The maximum absolute atomic E-state index is 5.21. The highest BCUT2D eigenvalue weighted by Crippen LogP contribution is 2.39. The van der Waals surface area contributed by atoms with Crippen LogP contribution in [0.4, 0.5) is 5.95 Å². The van der Waals surface area contributed by atoms with Crippen molar-refractivity contribution in [3.63, 3.8) is 0 Å². The zero-order chi connectivity index (χ0) is 22.4. The molecule has 0 radical (unpaired) electrons. The molecule has 4 heterocycles. The van der Waals surface area contributed by atoms with Gasteiger partial charge in [-0.3, -0.25) is 4.90 Å². The lowest BCUT2D eigenvalue weighted by Gasteiger charge is -2.46. The van der Waals surface area contributed by atoms with Crippen LogP contribution in [0.3, 0.4) is 0 Å². The van der Waals surface area contributed by atoms with Gasteiger partial charge in [-0.25, -0.2) is 4.98 Å². The van der Waals surface area contributed by atoms with Crippen LogP contribution < -0.4 is 10.2 Å². The zero-order valence-electron chi connectivity index (χ0n) is 20.8. The molecule has 1 aromatic carbocycles. The molecule has 1 saturated carbocycles. The van der Waals surface area contributed by atoms with E-state index in [0.29, 0.717) is 23.7 Å². The lowest BCUT2D eigenvalue weighted by molar-refractivity contribution is 0.0443. The van der Waals surface area contributed by atoms with Crippen LogP contribution in [0, 0.1) is 5.92 Å². The molecule has 1 N–H and O–H groups in total. The summed E-state index contributed by atoms with van der Waals surface area (Å²) in [6, 6.07) is 10.7. The van der Waals surface area contributed by atoms with Crippen molar-refractivity contribution >= 4 is 17.0 Å². The Morgan fingerprint density at radius 1 is 0.970 bits per heavy atom. The monoisotopic (exact) mass is 449 g/mol. The molecule has 3 saturated heterocycles. The number of piperidine rings is 1. The average molecular weight is 450 g/mol. The summed E-state index contributed by atoms with van der Waals surface area (Å²) in [4.78, 5) is 10.7. The van der Waals surface area contributed by atoms with Crippen molar-refractivity contribution < 1.29 is 0 Å². The van der Waals surface area contributed by atoms with Crippen molar-refractivity contribution in [3.05, 3.63) is 24.3 Å². The number of hydrogen-bond donors (Lipinski definition) is 1. The topological polar surface area (TPSA) is 36.3 Å². The van der Waals surface area contributed by atoms with Gasteiger partial charge in [0.25, 0.3) is 0 Å². The highest BCUT2D eigenvalue weighted by molar-refractivity contribution is 5.79. The van der Waals surface area contributed by atoms with Crippen LogP contribution in [0.15, 0.2) is 24.3 Å². The number of rotatable bonds is 3. The molecule has 180 valence electrons. The maximum Gasteiger partial charge on any atom is 0.206 e. The summed E-state index contributed by atoms with van der Waals surface area (Å²) in [6.07, 6.45) is 13.7. The Bertz CT molecular complexity index is 936. The number of aromatic nitrogens is 2. The van der Waals surface area contributed by atoms with Crippen LogP contribution in [0.2, 0.25) is 0 Å². The van der Waals surface area contributed by atoms with E-state index in [1.165, 1.54) is 94.3 Å². The first-order chi connectivity index (χ1) is 16.1. The number of hydrogen-bond acceptors (Lipinski definition) is 4. The summed E-state index contributed by atoms with van der Waals surface area (Å²) in [7, 11) is 0. The van der Waals surface area contributed by atoms with Gasteiger partial charge in [-0.15, -0.1) is 0 Å². The van der Waals surface area contributed by atoms with Gasteiger partial charge in [0.2, 0.25) is 5.95 Å². The third-order valence-electron chi connectivity index (χ3n) is 9.48. The van der Waals surface area contributed by atoms with E-state index in [4.69, 9.17) is 4.98 Å². The standard InChI is InChI=1S/C28H43N5/c1-21-18-22-19-31(20-25(22)29-21)27-30-24-10-6-7-11-26(24)33(27)23-12-16-32(17-13-23)28(2)14-8-4-3-5-9-15-28/h6-7,10-11,21-23,25,29H,3-5,8-9,12-20H2,1-2H3. The third kappa shape index (κ3) is 4.10. The first-order valence-corrected chi connectivity index (χ1v) is 13.8. The minimum atomic E-state index is 0.417. The van der Waals surface area contributed by atoms with Gasteiger partial charge in [0, 0.05) is 49.8 Å². The maximum atomic E-state index is 5.21. The molecule has 33 heavy (non-hydrogen) atoms. The van der Waals surface area contributed by atoms with E-state index in [1.807, 2.05) is 0 Å². The van der Waals surface area contributed by atoms with Crippen LogP contribution in [0.1, 0.15) is 84.1 Å². The van der Waals surface area contributed by atoms with Crippen molar-refractivity contribution in [2.24, 2.45) is 5.92 Å². The van der Waals surface area contributed by atoms with E-state index in [1.54, 1.807) is 0 Å². The number of para-hydroxylation sites is 2. The molecular formula is C28H43N5.